The Balaban J connectivity index is 2.12. The molecule has 6 heteroatoms. The Morgan fingerprint density at radius 3 is 2.65 bits per heavy atom. The summed E-state index contributed by atoms with van der Waals surface area (Å²) in [6.07, 6.45) is 2.92. The summed E-state index contributed by atoms with van der Waals surface area (Å²) in [6, 6.07) is 7.19. The van der Waals surface area contributed by atoms with E-state index in [1.54, 1.807) is 0 Å². The summed E-state index contributed by atoms with van der Waals surface area (Å²) in [5, 5.41) is 5.53. The molecule has 0 radical (unpaired) electrons. The second-order valence-corrected chi connectivity index (χ2v) is 5.10. The van der Waals surface area contributed by atoms with Crippen molar-refractivity contribution in [3.8, 4) is 0 Å². The highest BCUT2D eigenvalue weighted by atomic mass is 79.9. The van der Waals surface area contributed by atoms with E-state index < -0.39 is 0 Å². The Morgan fingerprint density at radius 1 is 1.20 bits per heavy atom. The van der Waals surface area contributed by atoms with E-state index in [0.29, 0.717) is 13.0 Å². The highest BCUT2D eigenvalue weighted by Gasteiger charge is 2.04. The van der Waals surface area contributed by atoms with Crippen molar-refractivity contribution in [1.82, 2.24) is 5.32 Å². The zero-order valence-electron chi connectivity index (χ0n) is 11.4. The third kappa shape index (κ3) is 6.56. The van der Waals surface area contributed by atoms with Crippen LogP contribution in [-0.2, 0) is 9.53 Å². The molecular weight excluding hydrogens is 324 g/mol. The molecule has 0 fully saturated rings. The second-order valence-electron chi connectivity index (χ2n) is 4.25. The number of rotatable bonds is 7. The number of halogens is 1. The first-order chi connectivity index (χ1) is 9.63. The van der Waals surface area contributed by atoms with Crippen LogP contribution in [0.5, 0.6) is 0 Å². The molecule has 0 bridgehead atoms. The zero-order chi connectivity index (χ0) is 14.8. The number of urea groups is 1. The van der Waals surface area contributed by atoms with Crippen LogP contribution in [0.25, 0.3) is 0 Å². The number of methoxy groups -OCH3 is 1. The molecule has 0 atom stereocenters. The molecule has 0 spiro atoms. The maximum absolute atomic E-state index is 11.6. The number of benzene rings is 1. The van der Waals surface area contributed by atoms with Crippen molar-refractivity contribution >= 4 is 33.6 Å². The van der Waals surface area contributed by atoms with Crippen LogP contribution in [0.4, 0.5) is 10.5 Å². The van der Waals surface area contributed by atoms with Gasteiger partial charge in [0.05, 0.1) is 12.8 Å². The number of unbranched alkanes of at least 4 members (excludes halogenated alkanes) is 2. The van der Waals surface area contributed by atoms with Gasteiger partial charge in [-0.25, -0.2) is 4.79 Å². The van der Waals surface area contributed by atoms with Crippen LogP contribution in [0.15, 0.2) is 28.7 Å². The van der Waals surface area contributed by atoms with Crippen LogP contribution in [0.2, 0.25) is 0 Å². The van der Waals surface area contributed by atoms with E-state index in [0.717, 1.165) is 29.4 Å². The molecule has 20 heavy (non-hydrogen) atoms. The molecule has 1 aromatic carbocycles. The molecule has 5 nitrogen and oxygen atoms in total. The van der Waals surface area contributed by atoms with Crippen molar-refractivity contribution in [3.63, 3.8) is 0 Å². The molecule has 2 N–H and O–H groups in total. The number of carbonyl (C=O) groups excluding carboxylic acids is 2. The number of carbonyl (C=O) groups is 2. The summed E-state index contributed by atoms with van der Waals surface area (Å²) < 4.78 is 5.39. The molecule has 1 aromatic rings. The fourth-order valence-corrected chi connectivity index (χ4v) is 1.99. The van der Waals surface area contributed by atoms with Crippen molar-refractivity contribution in [2.75, 3.05) is 19.0 Å². The predicted molar refractivity (Wildman–Crippen MR) is 81.6 cm³/mol. The molecule has 2 amide bonds. The number of hydrogen-bond donors (Lipinski definition) is 2. The lowest BCUT2D eigenvalue weighted by molar-refractivity contribution is -0.140. The maximum atomic E-state index is 11.6. The highest BCUT2D eigenvalue weighted by molar-refractivity contribution is 9.10. The van der Waals surface area contributed by atoms with E-state index in [1.165, 1.54) is 7.11 Å². The number of amides is 2. The summed E-state index contributed by atoms with van der Waals surface area (Å²) >= 11 is 3.36. The molecule has 110 valence electrons. The van der Waals surface area contributed by atoms with Crippen LogP contribution in [0, 0.1) is 0 Å². The van der Waals surface area contributed by atoms with Crippen LogP contribution in [-0.4, -0.2) is 25.7 Å². The molecule has 0 unspecified atom stereocenters. The van der Waals surface area contributed by atoms with Gasteiger partial charge in [-0.2, -0.15) is 0 Å². The standard InChI is InChI=1S/C14H19BrN2O3/c1-20-13(18)9-3-2-6-10-16-14(19)17-12-8-5-4-7-11(12)15/h4-5,7-8H,2-3,6,9-10H2,1H3,(H2,16,17,19). The van der Waals surface area contributed by atoms with Gasteiger partial charge >= 0.3 is 12.0 Å². The predicted octanol–water partition coefficient (Wildman–Crippen LogP) is 3.30. The number of para-hydroxylation sites is 1. The minimum atomic E-state index is -0.232. The molecule has 1 rings (SSSR count). The lowest BCUT2D eigenvalue weighted by Gasteiger charge is -2.08. The number of anilines is 1. The van der Waals surface area contributed by atoms with Crippen LogP contribution >= 0.6 is 15.9 Å². The van der Waals surface area contributed by atoms with Gasteiger partial charge in [0.1, 0.15) is 0 Å². The van der Waals surface area contributed by atoms with Gasteiger partial charge in [-0.3, -0.25) is 4.79 Å². The first kappa shape index (κ1) is 16.5. The lowest BCUT2D eigenvalue weighted by atomic mass is 10.2. The third-order valence-corrected chi connectivity index (χ3v) is 3.38. The molecule has 0 heterocycles. The summed E-state index contributed by atoms with van der Waals surface area (Å²) in [6.45, 7) is 0.581. The number of hydrogen-bond acceptors (Lipinski definition) is 3. The van der Waals surface area contributed by atoms with Gasteiger partial charge in [-0.15, -0.1) is 0 Å². The Hall–Kier alpha value is -1.56. The van der Waals surface area contributed by atoms with Gasteiger partial charge < -0.3 is 15.4 Å². The quantitative estimate of drug-likeness (QED) is 0.590. The van der Waals surface area contributed by atoms with Gasteiger partial charge in [0, 0.05) is 17.4 Å². The Morgan fingerprint density at radius 2 is 1.95 bits per heavy atom. The van der Waals surface area contributed by atoms with E-state index in [1.807, 2.05) is 24.3 Å². The van der Waals surface area contributed by atoms with E-state index >= 15 is 0 Å². The van der Waals surface area contributed by atoms with Crippen molar-refractivity contribution in [2.45, 2.75) is 25.7 Å². The number of nitrogens with one attached hydrogen (secondary N) is 2. The molecule has 0 aromatic heterocycles. The van der Waals surface area contributed by atoms with Gasteiger partial charge in [-0.1, -0.05) is 18.6 Å². The maximum Gasteiger partial charge on any atom is 0.319 e. The molecule has 0 saturated heterocycles. The number of ether oxygens (including phenoxy) is 1. The SMILES string of the molecule is COC(=O)CCCCCNC(=O)Nc1ccccc1Br. The van der Waals surface area contributed by atoms with Crippen LogP contribution < -0.4 is 10.6 Å². The third-order valence-electron chi connectivity index (χ3n) is 2.69. The summed E-state index contributed by atoms with van der Waals surface area (Å²) in [4.78, 5) is 22.5. The fraction of sp³-hybridized carbons (Fsp3) is 0.429. The van der Waals surface area contributed by atoms with Crippen LogP contribution in [0.3, 0.4) is 0 Å². The first-order valence-electron chi connectivity index (χ1n) is 6.49. The van der Waals surface area contributed by atoms with Crippen molar-refractivity contribution in [1.29, 1.82) is 0 Å². The largest absolute Gasteiger partial charge is 0.469 e. The van der Waals surface area contributed by atoms with Crippen molar-refractivity contribution in [2.24, 2.45) is 0 Å². The average Bonchev–Trinajstić information content (AvgIpc) is 2.44. The van der Waals surface area contributed by atoms with Gasteiger partial charge in [0.2, 0.25) is 0 Å². The monoisotopic (exact) mass is 342 g/mol. The van der Waals surface area contributed by atoms with Crippen LogP contribution in [0.1, 0.15) is 25.7 Å². The summed E-state index contributed by atoms with van der Waals surface area (Å²) in [5.41, 5.74) is 0.732. The minimum Gasteiger partial charge on any atom is -0.469 e. The van der Waals surface area contributed by atoms with Gasteiger partial charge in [-0.05, 0) is 40.9 Å². The van der Waals surface area contributed by atoms with Crippen molar-refractivity contribution < 1.29 is 14.3 Å². The lowest BCUT2D eigenvalue weighted by Crippen LogP contribution is -2.29. The molecule has 0 aliphatic rings. The number of esters is 1. The zero-order valence-corrected chi connectivity index (χ0v) is 13.0. The Bertz CT molecular complexity index is 452. The Labute approximate surface area is 127 Å². The van der Waals surface area contributed by atoms with E-state index in [-0.39, 0.29) is 12.0 Å². The van der Waals surface area contributed by atoms with E-state index in [2.05, 4.69) is 31.3 Å². The van der Waals surface area contributed by atoms with Gasteiger partial charge in [0.25, 0.3) is 0 Å². The van der Waals surface area contributed by atoms with E-state index in [9.17, 15) is 9.59 Å². The second kappa shape index (κ2) is 9.36. The minimum absolute atomic E-state index is 0.190. The molecular formula is C14H19BrN2O3. The average molecular weight is 343 g/mol. The summed E-state index contributed by atoms with van der Waals surface area (Å²) in [7, 11) is 1.38. The molecule has 0 saturated carbocycles. The smallest absolute Gasteiger partial charge is 0.319 e. The summed E-state index contributed by atoms with van der Waals surface area (Å²) in [5.74, 6) is -0.190. The fourth-order valence-electron chi connectivity index (χ4n) is 1.60. The van der Waals surface area contributed by atoms with Gasteiger partial charge in [0.15, 0.2) is 0 Å². The van der Waals surface area contributed by atoms with Crippen molar-refractivity contribution in [3.05, 3.63) is 28.7 Å². The molecule has 0 aliphatic carbocycles. The molecule has 0 aliphatic heterocycles. The topological polar surface area (TPSA) is 67.4 Å². The Kier molecular flexibility index (Phi) is 7.72. The highest BCUT2D eigenvalue weighted by Crippen LogP contribution is 2.20. The first-order valence-corrected chi connectivity index (χ1v) is 7.29. The van der Waals surface area contributed by atoms with E-state index in [4.69, 9.17) is 0 Å². The normalized spacial score (nSPS) is 9.90.